The van der Waals surface area contributed by atoms with Crippen molar-refractivity contribution in [3.63, 3.8) is 0 Å². The number of pyridine rings is 1. The van der Waals surface area contributed by atoms with Crippen molar-refractivity contribution in [3.05, 3.63) is 23.8 Å². The molecule has 1 amide bonds. The van der Waals surface area contributed by atoms with Gasteiger partial charge in [0.1, 0.15) is 24.1 Å². The highest BCUT2D eigenvalue weighted by Gasteiger charge is 2.63. The minimum atomic E-state index is -4.92. The summed E-state index contributed by atoms with van der Waals surface area (Å²) in [6.07, 6.45) is -5.92. The van der Waals surface area contributed by atoms with Gasteiger partial charge >= 0.3 is 7.82 Å². The van der Waals surface area contributed by atoms with Crippen LogP contribution in [0.1, 0.15) is 19.0 Å². The number of nitrogens with one attached hydrogen (secondary N) is 3. The molecule has 214 valence electrons. The Morgan fingerprint density at radius 1 is 1.21 bits per heavy atom. The number of fused-ring (bicyclic) bond motifs is 2. The highest BCUT2D eigenvalue weighted by molar-refractivity contribution is 7.46. The third-order valence-corrected chi connectivity index (χ3v) is 7.38. The standard InChI is InChI=1S/C21H32FN4O11P/c1-8-4-12(26-13(27)6-11-10(22)5-9(7-25-11)37-38(31,32)33)21(30)20(34-8)35-19-17(29)14(23-2)16(28)15(24-3)18(19)36-21/h5,7-8,12,14-20,23-24,28-30H,4,6H2,1-3H3,(H,26,27)(H2,31,32,33)/t8-,12-,14-,15+,16+,17+,18-,19-,20+,21+/m1/s1. The highest BCUT2D eigenvalue weighted by Crippen LogP contribution is 2.42. The predicted molar refractivity (Wildman–Crippen MR) is 124 cm³/mol. The lowest BCUT2D eigenvalue weighted by Crippen LogP contribution is -2.79. The molecular weight excluding hydrogens is 534 g/mol. The zero-order valence-corrected chi connectivity index (χ0v) is 21.6. The van der Waals surface area contributed by atoms with E-state index in [9.17, 15) is 29.1 Å². The van der Waals surface area contributed by atoms with Crippen LogP contribution in [0.25, 0.3) is 0 Å². The molecule has 3 heterocycles. The van der Waals surface area contributed by atoms with Gasteiger partial charge in [0.25, 0.3) is 0 Å². The summed E-state index contributed by atoms with van der Waals surface area (Å²) in [6.45, 7) is 1.68. The van der Waals surface area contributed by atoms with Crippen molar-refractivity contribution in [3.8, 4) is 5.75 Å². The molecule has 15 nitrogen and oxygen atoms in total. The van der Waals surface area contributed by atoms with Crippen molar-refractivity contribution >= 4 is 13.7 Å². The SMILES string of the molecule is CN[C@@H]1[C@H](O)[C@H](NC)[C@H]2O[C@]3(O)[C@H](O[C@@H]2[C@H]1O)O[C@H](C)C[C@H]3NC(=O)Cc1ncc(OP(=O)(O)O)cc1F. The average molecular weight is 566 g/mol. The second-order valence-corrected chi connectivity index (χ2v) is 10.7. The fourth-order valence-corrected chi connectivity index (χ4v) is 5.55. The number of carbonyl (C=O) groups excluding carboxylic acids is 1. The zero-order valence-electron chi connectivity index (χ0n) is 20.7. The van der Waals surface area contributed by atoms with Crippen LogP contribution in [0.5, 0.6) is 5.75 Å². The number of rotatable bonds is 7. The van der Waals surface area contributed by atoms with E-state index < -0.39 is 92.4 Å². The van der Waals surface area contributed by atoms with Crippen LogP contribution in [0.4, 0.5) is 4.39 Å². The maximum absolute atomic E-state index is 14.4. The molecule has 1 aromatic heterocycles. The minimum absolute atomic E-state index is 0.0823. The lowest BCUT2D eigenvalue weighted by molar-refractivity contribution is -0.449. The first-order valence-corrected chi connectivity index (χ1v) is 13.4. The summed E-state index contributed by atoms with van der Waals surface area (Å²) >= 11 is 0. The first-order chi connectivity index (χ1) is 17.8. The van der Waals surface area contributed by atoms with Gasteiger partial charge in [-0.25, -0.2) is 8.96 Å². The number of amides is 1. The molecule has 1 saturated carbocycles. The van der Waals surface area contributed by atoms with E-state index in [1.165, 1.54) is 0 Å². The van der Waals surface area contributed by atoms with Crippen LogP contribution >= 0.6 is 7.82 Å². The third-order valence-electron chi connectivity index (χ3n) is 6.93. The summed E-state index contributed by atoms with van der Waals surface area (Å²) < 4.78 is 47.3. The second-order valence-electron chi connectivity index (χ2n) is 9.54. The first kappa shape index (κ1) is 29.2. The number of carbonyl (C=O) groups is 1. The van der Waals surface area contributed by atoms with Gasteiger partial charge in [0.05, 0.1) is 48.6 Å². The maximum atomic E-state index is 14.4. The van der Waals surface area contributed by atoms with Crippen molar-refractivity contribution in [2.45, 2.75) is 80.5 Å². The Hall–Kier alpha value is -1.82. The van der Waals surface area contributed by atoms with Crippen LogP contribution in [0.2, 0.25) is 0 Å². The van der Waals surface area contributed by atoms with Gasteiger partial charge in [0, 0.05) is 6.07 Å². The number of aromatic nitrogens is 1. The molecule has 0 radical (unpaired) electrons. The van der Waals surface area contributed by atoms with E-state index in [0.717, 1.165) is 6.20 Å². The van der Waals surface area contributed by atoms with Crippen molar-refractivity contribution in [2.24, 2.45) is 0 Å². The van der Waals surface area contributed by atoms with E-state index >= 15 is 0 Å². The number of nitrogens with zero attached hydrogens (tertiary/aromatic N) is 1. The lowest BCUT2D eigenvalue weighted by Gasteiger charge is -2.58. The molecule has 0 aromatic carbocycles. The van der Waals surface area contributed by atoms with Gasteiger partial charge in [-0.05, 0) is 27.4 Å². The van der Waals surface area contributed by atoms with Crippen LogP contribution in [0, 0.1) is 5.82 Å². The number of ether oxygens (including phenoxy) is 3. The van der Waals surface area contributed by atoms with Gasteiger partial charge < -0.3 is 50.0 Å². The number of phosphoric acid groups is 1. The van der Waals surface area contributed by atoms with E-state index in [4.69, 9.17) is 24.0 Å². The smallest absolute Gasteiger partial charge is 0.402 e. The molecule has 17 heteroatoms. The summed E-state index contributed by atoms with van der Waals surface area (Å²) in [5.41, 5.74) is -0.336. The Morgan fingerprint density at radius 2 is 1.89 bits per heavy atom. The molecule has 4 rings (SSSR count). The third kappa shape index (κ3) is 5.71. The first-order valence-electron chi connectivity index (χ1n) is 11.9. The minimum Gasteiger partial charge on any atom is -0.402 e. The molecule has 1 aromatic rings. The molecule has 3 fully saturated rings. The maximum Gasteiger partial charge on any atom is 0.524 e. The zero-order chi connectivity index (χ0) is 28.0. The van der Waals surface area contributed by atoms with Crippen LogP contribution in [0.3, 0.4) is 0 Å². The fourth-order valence-electron chi connectivity index (χ4n) is 5.18. The number of aliphatic hydroxyl groups excluding tert-OH is 2. The number of likely N-dealkylation sites (N-methyl/N-ethyl adjacent to an activating group) is 2. The molecule has 10 atom stereocenters. The average Bonchev–Trinajstić information content (AvgIpc) is 2.80. The summed E-state index contributed by atoms with van der Waals surface area (Å²) in [5, 5.41) is 41.5. The molecule has 3 aliphatic rings. The Labute approximate surface area is 216 Å². The van der Waals surface area contributed by atoms with Crippen molar-refractivity contribution in [1.82, 2.24) is 20.9 Å². The molecule has 0 unspecified atom stereocenters. The molecule has 1 aliphatic carbocycles. The Morgan fingerprint density at radius 3 is 2.50 bits per heavy atom. The topological polar surface area (TPSA) is 221 Å². The molecule has 38 heavy (non-hydrogen) atoms. The quantitative estimate of drug-likeness (QED) is 0.157. The fraction of sp³-hybridized carbons (Fsp3) is 0.714. The van der Waals surface area contributed by atoms with Gasteiger partial charge in [0.2, 0.25) is 18.0 Å². The van der Waals surface area contributed by atoms with Crippen molar-refractivity contribution < 1.29 is 57.6 Å². The van der Waals surface area contributed by atoms with E-state index in [0.29, 0.717) is 6.07 Å². The van der Waals surface area contributed by atoms with Gasteiger partial charge in [0.15, 0.2) is 5.75 Å². The highest BCUT2D eigenvalue weighted by atomic mass is 31.2. The van der Waals surface area contributed by atoms with Crippen LogP contribution in [-0.4, -0.2) is 111 Å². The number of phosphoric ester groups is 1. The monoisotopic (exact) mass is 566 g/mol. The molecule has 8 N–H and O–H groups in total. The lowest BCUT2D eigenvalue weighted by atomic mass is 9.79. The number of halogens is 1. The Bertz CT molecular complexity index is 1080. The summed E-state index contributed by atoms with van der Waals surface area (Å²) in [6, 6.07) is -1.95. The normalized spacial score (nSPS) is 39.1. The van der Waals surface area contributed by atoms with Gasteiger partial charge in [-0.15, -0.1) is 0 Å². The number of hydrogen-bond acceptors (Lipinski definition) is 12. The Balaban J connectivity index is 1.51. The van der Waals surface area contributed by atoms with Crippen molar-refractivity contribution in [1.29, 1.82) is 0 Å². The predicted octanol–water partition coefficient (Wildman–Crippen LogP) is -2.76. The number of aliphatic hydroxyl groups is 3. The summed E-state index contributed by atoms with van der Waals surface area (Å²) in [5.74, 6) is -4.53. The summed E-state index contributed by atoms with van der Waals surface area (Å²) in [4.78, 5) is 34.2. The summed E-state index contributed by atoms with van der Waals surface area (Å²) in [7, 11) is -1.77. The molecule has 0 bridgehead atoms. The largest absolute Gasteiger partial charge is 0.524 e. The molecule has 2 saturated heterocycles. The molecular formula is C21H32FN4O11P. The van der Waals surface area contributed by atoms with E-state index in [1.807, 2.05) is 0 Å². The van der Waals surface area contributed by atoms with E-state index in [2.05, 4.69) is 25.5 Å². The van der Waals surface area contributed by atoms with Gasteiger partial charge in [-0.3, -0.25) is 19.6 Å². The van der Waals surface area contributed by atoms with Gasteiger partial charge in [-0.1, -0.05) is 0 Å². The Kier molecular flexibility index (Phi) is 8.43. The van der Waals surface area contributed by atoms with Crippen LogP contribution in [0.15, 0.2) is 12.3 Å². The van der Waals surface area contributed by atoms with E-state index in [1.54, 1.807) is 21.0 Å². The van der Waals surface area contributed by atoms with Gasteiger partial charge in [-0.2, -0.15) is 0 Å². The van der Waals surface area contributed by atoms with Crippen LogP contribution in [-0.2, 0) is 30.0 Å². The number of hydrogen-bond donors (Lipinski definition) is 8. The van der Waals surface area contributed by atoms with E-state index in [-0.39, 0.29) is 12.1 Å². The molecule has 0 spiro atoms. The second kappa shape index (κ2) is 11.0. The van der Waals surface area contributed by atoms with Crippen LogP contribution < -0.4 is 20.5 Å². The van der Waals surface area contributed by atoms with Crippen molar-refractivity contribution in [2.75, 3.05) is 14.1 Å². The molecule has 2 aliphatic heterocycles.